The standard InChI is InChI=1S/C22H26N2O2/c1-17(25)23-21(19-11-6-3-7-12-19)16-22(26)24-14-8-13-20(24)15-18-9-4-2-5-10-18/h2-7,9-12,20-21H,8,13-16H2,1H3,(H,23,25). The molecule has 1 fully saturated rings. The third kappa shape index (κ3) is 4.72. The molecule has 26 heavy (non-hydrogen) atoms. The van der Waals surface area contributed by atoms with Gasteiger partial charge in [0.25, 0.3) is 0 Å². The van der Waals surface area contributed by atoms with E-state index in [0.717, 1.165) is 31.4 Å². The fourth-order valence-corrected chi connectivity index (χ4v) is 3.74. The van der Waals surface area contributed by atoms with E-state index in [1.807, 2.05) is 53.4 Å². The summed E-state index contributed by atoms with van der Waals surface area (Å²) in [6, 6.07) is 20.0. The van der Waals surface area contributed by atoms with Gasteiger partial charge in [-0.1, -0.05) is 60.7 Å². The van der Waals surface area contributed by atoms with E-state index in [9.17, 15) is 9.59 Å². The highest BCUT2D eigenvalue weighted by Gasteiger charge is 2.30. The quantitative estimate of drug-likeness (QED) is 0.867. The maximum Gasteiger partial charge on any atom is 0.225 e. The molecule has 2 unspecified atom stereocenters. The van der Waals surface area contributed by atoms with Crippen molar-refractivity contribution in [2.75, 3.05) is 6.54 Å². The second-order valence-corrected chi connectivity index (χ2v) is 6.94. The number of nitrogens with one attached hydrogen (secondary N) is 1. The molecule has 3 rings (SSSR count). The first-order valence-electron chi connectivity index (χ1n) is 9.29. The van der Waals surface area contributed by atoms with Crippen LogP contribution in [0.15, 0.2) is 60.7 Å². The molecular formula is C22H26N2O2. The van der Waals surface area contributed by atoms with E-state index >= 15 is 0 Å². The van der Waals surface area contributed by atoms with Gasteiger partial charge in [-0.25, -0.2) is 0 Å². The summed E-state index contributed by atoms with van der Waals surface area (Å²) in [5.74, 6) is -0.0000512. The van der Waals surface area contributed by atoms with Gasteiger partial charge in [-0.2, -0.15) is 0 Å². The number of carbonyl (C=O) groups excluding carboxylic acids is 2. The lowest BCUT2D eigenvalue weighted by Gasteiger charge is -2.27. The normalized spacial score (nSPS) is 17.7. The van der Waals surface area contributed by atoms with Crippen molar-refractivity contribution in [3.05, 3.63) is 71.8 Å². The minimum Gasteiger partial charge on any atom is -0.349 e. The first-order chi connectivity index (χ1) is 12.6. The molecule has 2 atom stereocenters. The molecule has 4 heteroatoms. The number of nitrogens with zero attached hydrogens (tertiary/aromatic N) is 1. The SMILES string of the molecule is CC(=O)NC(CC(=O)N1CCCC1Cc1ccccc1)c1ccccc1. The van der Waals surface area contributed by atoms with Crippen LogP contribution >= 0.6 is 0 Å². The summed E-state index contributed by atoms with van der Waals surface area (Å²) in [6.07, 6.45) is 3.27. The van der Waals surface area contributed by atoms with Gasteiger partial charge in [0, 0.05) is 19.5 Å². The van der Waals surface area contributed by atoms with E-state index in [4.69, 9.17) is 0 Å². The smallest absolute Gasteiger partial charge is 0.225 e. The number of amides is 2. The van der Waals surface area contributed by atoms with Gasteiger partial charge in [0.1, 0.15) is 0 Å². The van der Waals surface area contributed by atoms with E-state index in [-0.39, 0.29) is 23.9 Å². The van der Waals surface area contributed by atoms with Crippen molar-refractivity contribution in [1.29, 1.82) is 0 Å². The molecule has 4 nitrogen and oxygen atoms in total. The number of likely N-dealkylation sites (tertiary alicyclic amines) is 1. The topological polar surface area (TPSA) is 49.4 Å². The highest BCUT2D eigenvalue weighted by molar-refractivity contribution is 5.79. The summed E-state index contributed by atoms with van der Waals surface area (Å²) < 4.78 is 0. The minimum atomic E-state index is -0.279. The third-order valence-corrected chi connectivity index (χ3v) is 4.97. The lowest BCUT2D eigenvalue weighted by Crippen LogP contribution is -2.39. The van der Waals surface area contributed by atoms with Crippen molar-refractivity contribution in [3.8, 4) is 0 Å². The summed E-state index contributed by atoms with van der Waals surface area (Å²) in [5.41, 5.74) is 2.23. The van der Waals surface area contributed by atoms with Crippen molar-refractivity contribution in [3.63, 3.8) is 0 Å². The fraction of sp³-hybridized carbons (Fsp3) is 0.364. The molecule has 1 N–H and O–H groups in total. The maximum absolute atomic E-state index is 13.0. The first-order valence-corrected chi connectivity index (χ1v) is 9.29. The maximum atomic E-state index is 13.0. The van der Waals surface area contributed by atoms with Crippen LogP contribution in [0.25, 0.3) is 0 Å². The van der Waals surface area contributed by atoms with Gasteiger partial charge in [-0.05, 0) is 30.4 Å². The van der Waals surface area contributed by atoms with Crippen molar-refractivity contribution >= 4 is 11.8 Å². The van der Waals surface area contributed by atoms with Gasteiger partial charge in [0.05, 0.1) is 12.5 Å². The molecule has 0 aromatic heterocycles. The van der Waals surface area contributed by atoms with Crippen LogP contribution in [0.4, 0.5) is 0 Å². The lowest BCUT2D eigenvalue weighted by atomic mass is 10.0. The summed E-state index contributed by atoms with van der Waals surface area (Å²) in [5, 5.41) is 2.93. The Hall–Kier alpha value is -2.62. The second-order valence-electron chi connectivity index (χ2n) is 6.94. The molecule has 0 bridgehead atoms. The van der Waals surface area contributed by atoms with Crippen LogP contribution < -0.4 is 5.32 Å². The van der Waals surface area contributed by atoms with E-state index in [2.05, 4.69) is 17.4 Å². The first kappa shape index (κ1) is 18.2. The number of hydrogen-bond acceptors (Lipinski definition) is 2. The predicted octanol–water partition coefficient (Wildman–Crippen LogP) is 3.49. The van der Waals surface area contributed by atoms with Gasteiger partial charge < -0.3 is 10.2 Å². The Kier molecular flexibility index (Phi) is 6.05. The van der Waals surface area contributed by atoms with Crippen LogP contribution in [0, 0.1) is 0 Å². The molecular weight excluding hydrogens is 324 g/mol. The molecule has 2 aromatic carbocycles. The van der Waals surface area contributed by atoms with Crippen LogP contribution in [-0.4, -0.2) is 29.3 Å². The molecule has 136 valence electrons. The van der Waals surface area contributed by atoms with Crippen LogP contribution in [-0.2, 0) is 16.0 Å². The Morgan fingerprint density at radius 1 is 1.08 bits per heavy atom. The third-order valence-electron chi connectivity index (χ3n) is 4.97. The monoisotopic (exact) mass is 350 g/mol. The molecule has 0 radical (unpaired) electrons. The Morgan fingerprint density at radius 3 is 2.38 bits per heavy atom. The van der Waals surface area contributed by atoms with Crippen molar-refractivity contribution in [1.82, 2.24) is 10.2 Å². The van der Waals surface area contributed by atoms with Gasteiger partial charge in [0.2, 0.25) is 11.8 Å². The molecule has 0 saturated carbocycles. The summed E-state index contributed by atoms with van der Waals surface area (Å²) >= 11 is 0. The largest absolute Gasteiger partial charge is 0.349 e. The number of rotatable bonds is 6. The van der Waals surface area contributed by atoms with Crippen LogP contribution in [0.5, 0.6) is 0 Å². The molecule has 2 aromatic rings. The van der Waals surface area contributed by atoms with Gasteiger partial charge in [-0.15, -0.1) is 0 Å². The van der Waals surface area contributed by atoms with Crippen LogP contribution in [0.3, 0.4) is 0 Å². The van der Waals surface area contributed by atoms with Crippen LogP contribution in [0.1, 0.15) is 43.4 Å². The summed E-state index contributed by atoms with van der Waals surface area (Å²) in [6.45, 7) is 2.30. The van der Waals surface area contributed by atoms with E-state index in [0.29, 0.717) is 6.42 Å². The fourth-order valence-electron chi connectivity index (χ4n) is 3.74. The Bertz CT molecular complexity index is 730. The highest BCUT2D eigenvalue weighted by Crippen LogP contribution is 2.25. The number of hydrogen-bond donors (Lipinski definition) is 1. The molecule has 0 spiro atoms. The Labute approximate surface area is 155 Å². The molecule has 1 saturated heterocycles. The molecule has 1 heterocycles. The van der Waals surface area contributed by atoms with Gasteiger partial charge in [-0.3, -0.25) is 9.59 Å². The zero-order chi connectivity index (χ0) is 18.4. The Morgan fingerprint density at radius 2 is 1.73 bits per heavy atom. The zero-order valence-corrected chi connectivity index (χ0v) is 15.2. The van der Waals surface area contributed by atoms with Gasteiger partial charge in [0.15, 0.2) is 0 Å². The van der Waals surface area contributed by atoms with Crippen molar-refractivity contribution < 1.29 is 9.59 Å². The van der Waals surface area contributed by atoms with Crippen LogP contribution in [0.2, 0.25) is 0 Å². The number of benzene rings is 2. The van der Waals surface area contributed by atoms with Crippen molar-refractivity contribution in [2.45, 2.75) is 44.7 Å². The molecule has 0 aliphatic carbocycles. The molecule has 2 amide bonds. The number of carbonyl (C=O) groups is 2. The van der Waals surface area contributed by atoms with Crippen molar-refractivity contribution in [2.24, 2.45) is 0 Å². The summed E-state index contributed by atoms with van der Waals surface area (Å²) in [4.78, 5) is 26.6. The highest BCUT2D eigenvalue weighted by atomic mass is 16.2. The van der Waals surface area contributed by atoms with E-state index in [1.165, 1.54) is 12.5 Å². The molecule has 1 aliphatic rings. The summed E-state index contributed by atoms with van der Waals surface area (Å²) in [7, 11) is 0. The van der Waals surface area contributed by atoms with Gasteiger partial charge >= 0.3 is 0 Å². The average Bonchev–Trinajstić information content (AvgIpc) is 3.10. The minimum absolute atomic E-state index is 0.117. The lowest BCUT2D eigenvalue weighted by molar-refractivity contribution is -0.132. The second kappa shape index (κ2) is 8.65. The zero-order valence-electron chi connectivity index (χ0n) is 15.2. The Balaban J connectivity index is 1.69. The predicted molar refractivity (Wildman–Crippen MR) is 102 cm³/mol. The average molecular weight is 350 g/mol. The molecule has 1 aliphatic heterocycles. The van der Waals surface area contributed by atoms with E-state index in [1.54, 1.807) is 0 Å². The van der Waals surface area contributed by atoms with E-state index < -0.39 is 0 Å².